The third kappa shape index (κ3) is 6.57. The zero-order valence-corrected chi connectivity index (χ0v) is 18.2. The number of nitrogens with zero attached hydrogens (tertiary/aromatic N) is 1. The molecule has 2 rings (SSSR count). The summed E-state index contributed by atoms with van der Waals surface area (Å²) in [6, 6.07) is 7.14. The van der Waals surface area contributed by atoms with E-state index in [9.17, 15) is 27.9 Å². The van der Waals surface area contributed by atoms with Crippen molar-refractivity contribution in [2.75, 3.05) is 13.7 Å². The summed E-state index contributed by atoms with van der Waals surface area (Å²) < 4.78 is 49.0. The molecule has 2 N–H and O–H groups in total. The van der Waals surface area contributed by atoms with Crippen LogP contribution in [0.3, 0.4) is 0 Å². The number of benzene rings is 1. The Labute approximate surface area is 187 Å². The van der Waals surface area contributed by atoms with Crippen molar-refractivity contribution in [2.24, 2.45) is 0 Å². The number of aliphatic carboxylic acids is 1. The van der Waals surface area contributed by atoms with Gasteiger partial charge in [0.25, 0.3) is 5.91 Å². The fraction of sp³-hybridized carbons (Fsp3) is 0.381. The first-order valence-electron chi connectivity index (χ1n) is 9.47. The summed E-state index contributed by atoms with van der Waals surface area (Å²) in [5.41, 5.74) is -0.957. The summed E-state index contributed by atoms with van der Waals surface area (Å²) in [6.07, 6.45) is -5.88. The van der Waals surface area contributed by atoms with Gasteiger partial charge >= 0.3 is 12.1 Å². The Bertz CT molecular complexity index is 951. The van der Waals surface area contributed by atoms with E-state index in [-0.39, 0.29) is 6.54 Å². The quantitative estimate of drug-likeness (QED) is 0.566. The van der Waals surface area contributed by atoms with Crippen molar-refractivity contribution >= 4 is 23.5 Å². The van der Waals surface area contributed by atoms with Gasteiger partial charge in [0.15, 0.2) is 6.10 Å². The SMILES string of the molecule is COc1ccc(C(CNC(=O)c2ncc(C(F)(F)F)cc2Cl)C(OC(C)C)C(=O)O)cc1. The van der Waals surface area contributed by atoms with Crippen LogP contribution in [0.1, 0.15) is 41.4 Å². The minimum absolute atomic E-state index is 0.201. The van der Waals surface area contributed by atoms with Crippen LogP contribution in [0, 0.1) is 0 Å². The van der Waals surface area contributed by atoms with Crippen molar-refractivity contribution in [3.63, 3.8) is 0 Å². The molecular weight excluding hydrogens is 453 g/mol. The Balaban J connectivity index is 2.29. The lowest BCUT2D eigenvalue weighted by molar-refractivity contribution is -0.155. The minimum atomic E-state index is -4.66. The van der Waals surface area contributed by atoms with Gasteiger partial charge in [0.05, 0.1) is 23.8 Å². The molecule has 2 aromatic rings. The Hall–Kier alpha value is -2.85. The molecule has 0 spiro atoms. The first-order chi connectivity index (χ1) is 14.9. The van der Waals surface area contributed by atoms with E-state index >= 15 is 0 Å². The molecule has 2 unspecified atom stereocenters. The first kappa shape index (κ1) is 25.4. The molecule has 0 fully saturated rings. The zero-order valence-electron chi connectivity index (χ0n) is 17.4. The summed E-state index contributed by atoms with van der Waals surface area (Å²) in [4.78, 5) is 27.9. The molecule has 0 radical (unpaired) electrons. The highest BCUT2D eigenvalue weighted by atomic mass is 35.5. The van der Waals surface area contributed by atoms with E-state index in [4.69, 9.17) is 21.1 Å². The van der Waals surface area contributed by atoms with Crippen LogP contribution in [0.4, 0.5) is 13.2 Å². The highest BCUT2D eigenvalue weighted by Gasteiger charge is 2.34. The average Bonchev–Trinajstić information content (AvgIpc) is 2.72. The van der Waals surface area contributed by atoms with Gasteiger partial charge in [-0.3, -0.25) is 4.79 Å². The normalized spacial score (nSPS) is 13.5. The maximum Gasteiger partial charge on any atom is 0.417 e. The number of amides is 1. The number of hydrogen-bond donors (Lipinski definition) is 2. The molecule has 11 heteroatoms. The number of aromatic nitrogens is 1. The maximum absolute atomic E-state index is 12.8. The van der Waals surface area contributed by atoms with Gasteiger partial charge < -0.3 is 19.9 Å². The minimum Gasteiger partial charge on any atom is -0.497 e. The molecule has 0 bridgehead atoms. The summed E-state index contributed by atoms with van der Waals surface area (Å²) in [5, 5.41) is 11.7. The number of nitrogens with one attached hydrogen (secondary N) is 1. The second-order valence-corrected chi connectivity index (χ2v) is 7.49. The number of ether oxygens (including phenoxy) is 2. The van der Waals surface area contributed by atoms with Crippen molar-refractivity contribution in [1.29, 1.82) is 0 Å². The predicted molar refractivity (Wildman–Crippen MR) is 110 cm³/mol. The van der Waals surface area contributed by atoms with Gasteiger partial charge in [-0.15, -0.1) is 0 Å². The van der Waals surface area contributed by atoms with Crippen LogP contribution in [-0.2, 0) is 15.7 Å². The molecule has 7 nitrogen and oxygen atoms in total. The third-order valence-electron chi connectivity index (χ3n) is 4.44. The molecule has 174 valence electrons. The fourth-order valence-electron chi connectivity index (χ4n) is 2.92. The molecule has 0 saturated carbocycles. The molecule has 2 atom stereocenters. The topological polar surface area (TPSA) is 97.8 Å². The molecule has 0 aliphatic rings. The van der Waals surface area contributed by atoms with E-state index in [1.54, 1.807) is 38.1 Å². The average molecular weight is 475 g/mol. The Morgan fingerprint density at radius 1 is 1.22 bits per heavy atom. The molecule has 1 amide bonds. The number of carboxylic acid groups (broad SMARTS) is 1. The van der Waals surface area contributed by atoms with E-state index in [0.717, 1.165) is 0 Å². The van der Waals surface area contributed by atoms with Gasteiger partial charge in [-0.05, 0) is 37.6 Å². The predicted octanol–water partition coefficient (Wildman–Crippen LogP) is 4.15. The second-order valence-electron chi connectivity index (χ2n) is 7.09. The summed E-state index contributed by atoms with van der Waals surface area (Å²) in [5.74, 6) is -2.36. The number of halogens is 4. The highest BCUT2D eigenvalue weighted by molar-refractivity contribution is 6.33. The van der Waals surface area contributed by atoms with Crippen LogP contribution in [0.5, 0.6) is 5.75 Å². The molecule has 0 saturated heterocycles. The van der Waals surface area contributed by atoms with E-state index in [1.165, 1.54) is 7.11 Å². The van der Waals surface area contributed by atoms with E-state index in [2.05, 4.69) is 10.3 Å². The molecule has 0 aliphatic carbocycles. The Morgan fingerprint density at radius 3 is 2.31 bits per heavy atom. The zero-order chi connectivity index (χ0) is 24.1. The largest absolute Gasteiger partial charge is 0.497 e. The monoisotopic (exact) mass is 474 g/mol. The van der Waals surface area contributed by atoms with Crippen molar-refractivity contribution in [1.82, 2.24) is 10.3 Å². The highest BCUT2D eigenvalue weighted by Crippen LogP contribution is 2.31. The second kappa shape index (κ2) is 10.6. The van der Waals surface area contributed by atoms with Gasteiger partial charge in [0, 0.05) is 18.7 Å². The van der Waals surface area contributed by atoms with Crippen LogP contribution in [0.15, 0.2) is 36.5 Å². The lowest BCUT2D eigenvalue weighted by Crippen LogP contribution is -2.40. The van der Waals surface area contributed by atoms with E-state index < -0.39 is 52.5 Å². The molecule has 0 aliphatic heterocycles. The van der Waals surface area contributed by atoms with Gasteiger partial charge in [0.1, 0.15) is 11.4 Å². The first-order valence-corrected chi connectivity index (χ1v) is 9.85. The van der Waals surface area contributed by atoms with Crippen molar-refractivity contribution < 1.29 is 37.3 Å². The van der Waals surface area contributed by atoms with Gasteiger partial charge in [-0.2, -0.15) is 13.2 Å². The van der Waals surface area contributed by atoms with Crippen LogP contribution in [0.2, 0.25) is 5.02 Å². The molecule has 1 heterocycles. The Morgan fingerprint density at radius 2 is 1.84 bits per heavy atom. The summed E-state index contributed by atoms with van der Waals surface area (Å²) >= 11 is 5.82. The summed E-state index contributed by atoms with van der Waals surface area (Å²) in [7, 11) is 1.48. The number of pyridine rings is 1. The number of carbonyl (C=O) groups excluding carboxylic acids is 1. The number of alkyl halides is 3. The van der Waals surface area contributed by atoms with Crippen LogP contribution in [-0.4, -0.2) is 47.8 Å². The van der Waals surface area contributed by atoms with Gasteiger partial charge in [-0.1, -0.05) is 23.7 Å². The standard InChI is InChI=1S/C21H22ClF3N2O5/c1-11(2)32-18(20(29)30)15(12-4-6-14(31-3)7-5-12)10-27-19(28)17-16(22)8-13(9-26-17)21(23,24)25/h4-9,11,15,18H,10H2,1-3H3,(H,27,28)(H,29,30). The van der Waals surface area contributed by atoms with E-state index in [1.807, 2.05) is 0 Å². The number of carboxylic acids is 1. The summed E-state index contributed by atoms with van der Waals surface area (Å²) in [6.45, 7) is 3.14. The lowest BCUT2D eigenvalue weighted by atomic mass is 9.92. The van der Waals surface area contributed by atoms with Crippen molar-refractivity contribution in [3.05, 3.63) is 58.4 Å². The number of rotatable bonds is 9. The molecule has 1 aromatic carbocycles. The number of carbonyl (C=O) groups is 2. The number of methoxy groups -OCH3 is 1. The lowest BCUT2D eigenvalue weighted by Gasteiger charge is -2.26. The van der Waals surface area contributed by atoms with Gasteiger partial charge in [0.2, 0.25) is 0 Å². The Kier molecular flexibility index (Phi) is 8.45. The van der Waals surface area contributed by atoms with Crippen LogP contribution >= 0.6 is 11.6 Å². The van der Waals surface area contributed by atoms with Crippen LogP contribution < -0.4 is 10.1 Å². The number of hydrogen-bond acceptors (Lipinski definition) is 5. The van der Waals surface area contributed by atoms with E-state index in [0.29, 0.717) is 23.6 Å². The van der Waals surface area contributed by atoms with Gasteiger partial charge in [-0.25, -0.2) is 9.78 Å². The maximum atomic E-state index is 12.8. The molecule has 32 heavy (non-hydrogen) atoms. The van der Waals surface area contributed by atoms with Crippen molar-refractivity contribution in [3.8, 4) is 5.75 Å². The third-order valence-corrected chi connectivity index (χ3v) is 4.73. The fourth-order valence-corrected chi connectivity index (χ4v) is 3.17. The smallest absolute Gasteiger partial charge is 0.417 e. The van der Waals surface area contributed by atoms with Crippen LogP contribution in [0.25, 0.3) is 0 Å². The van der Waals surface area contributed by atoms with Crippen molar-refractivity contribution in [2.45, 2.75) is 38.1 Å². The molecule has 1 aromatic heterocycles. The molecular formula is C21H22ClF3N2O5.